The number of amides is 1. The molecular weight excluding hydrogens is 488 g/mol. The number of fused-ring (bicyclic) bond motifs is 1. The lowest BCUT2D eigenvalue weighted by molar-refractivity contribution is -0.144. The Morgan fingerprint density at radius 1 is 1.11 bits per heavy atom. The summed E-state index contributed by atoms with van der Waals surface area (Å²) in [5.41, 5.74) is 1.26. The van der Waals surface area contributed by atoms with E-state index in [0.717, 1.165) is 31.2 Å². The molecule has 0 aliphatic carbocycles. The van der Waals surface area contributed by atoms with Crippen molar-refractivity contribution in [3.8, 4) is 11.5 Å². The molecule has 0 unspecified atom stereocenters. The van der Waals surface area contributed by atoms with Crippen LogP contribution in [0.2, 0.25) is 0 Å². The van der Waals surface area contributed by atoms with Crippen LogP contribution in [0.4, 0.5) is 0 Å². The number of aliphatic carboxylic acids is 1. The summed E-state index contributed by atoms with van der Waals surface area (Å²) in [6, 6.07) is 3.33. The van der Waals surface area contributed by atoms with Gasteiger partial charge in [0.15, 0.2) is 11.5 Å². The highest BCUT2D eigenvalue weighted by atomic mass is 16.7. The molecule has 1 fully saturated rings. The molecule has 1 aromatic carbocycles. The highest BCUT2D eigenvalue weighted by molar-refractivity contribution is 5.79. The predicted molar refractivity (Wildman–Crippen MR) is 144 cm³/mol. The van der Waals surface area contributed by atoms with Crippen molar-refractivity contribution in [2.75, 3.05) is 39.6 Å². The Balaban J connectivity index is 1.96. The molecule has 9 heteroatoms. The van der Waals surface area contributed by atoms with Crippen molar-refractivity contribution in [2.45, 2.75) is 84.8 Å². The van der Waals surface area contributed by atoms with Gasteiger partial charge in [0.2, 0.25) is 12.7 Å². The second-order valence-corrected chi connectivity index (χ2v) is 11.5. The molecule has 3 N–H and O–H groups in total. The Labute approximate surface area is 226 Å². The van der Waals surface area contributed by atoms with Crippen LogP contribution in [0.15, 0.2) is 12.1 Å². The van der Waals surface area contributed by atoms with E-state index in [2.05, 4.69) is 32.6 Å². The lowest BCUT2D eigenvalue weighted by Gasteiger charge is -2.35. The standard InChI is InChI=1S/C29H46N2O7/c1-5-7-10-30(11-8-12-32)25(34)17-31-16-22(20-13-21(18-33)27-24(14-20)37-19-38-27)26(28(35)36)23(31)15-29(3,4)9-6-2/h13-14,22-23,26,32-33H,5-12,15-19H2,1-4H3,(H,35,36)/t22-,23+,26-/m1/s1. The molecule has 0 spiro atoms. The maximum atomic E-state index is 13.5. The van der Waals surface area contributed by atoms with Gasteiger partial charge in [-0.1, -0.05) is 40.5 Å². The summed E-state index contributed by atoms with van der Waals surface area (Å²) in [6.07, 6.45) is 4.97. The van der Waals surface area contributed by atoms with Crippen LogP contribution >= 0.6 is 0 Å². The zero-order chi connectivity index (χ0) is 27.9. The summed E-state index contributed by atoms with van der Waals surface area (Å²) in [4.78, 5) is 30.2. The smallest absolute Gasteiger partial charge is 0.308 e. The second-order valence-electron chi connectivity index (χ2n) is 11.5. The first-order chi connectivity index (χ1) is 18.1. The third kappa shape index (κ3) is 7.18. The predicted octanol–water partition coefficient (Wildman–Crippen LogP) is 3.60. The fraction of sp³-hybridized carbons (Fsp3) is 0.724. The molecule has 9 nitrogen and oxygen atoms in total. The van der Waals surface area contributed by atoms with E-state index in [1.807, 2.05) is 17.0 Å². The molecule has 1 aromatic rings. The lowest BCUT2D eigenvalue weighted by Crippen LogP contribution is -2.46. The normalized spacial score (nSPS) is 21.2. The van der Waals surface area contributed by atoms with E-state index in [4.69, 9.17) is 9.47 Å². The molecule has 0 bridgehead atoms. The maximum Gasteiger partial charge on any atom is 0.308 e. The minimum Gasteiger partial charge on any atom is -0.481 e. The van der Waals surface area contributed by atoms with E-state index in [1.165, 1.54) is 0 Å². The largest absolute Gasteiger partial charge is 0.481 e. The Hall–Kier alpha value is -2.36. The van der Waals surface area contributed by atoms with Gasteiger partial charge in [0.05, 0.1) is 19.1 Å². The monoisotopic (exact) mass is 534 g/mol. The van der Waals surface area contributed by atoms with E-state index in [-0.39, 0.29) is 49.8 Å². The van der Waals surface area contributed by atoms with Gasteiger partial charge >= 0.3 is 5.97 Å². The summed E-state index contributed by atoms with van der Waals surface area (Å²) >= 11 is 0. The van der Waals surface area contributed by atoms with Crippen molar-refractivity contribution < 1.29 is 34.4 Å². The number of likely N-dealkylation sites (tertiary alicyclic amines) is 1. The quantitative estimate of drug-likeness (QED) is 0.312. The van der Waals surface area contributed by atoms with Crippen molar-refractivity contribution in [3.63, 3.8) is 0 Å². The van der Waals surface area contributed by atoms with E-state index >= 15 is 0 Å². The highest BCUT2D eigenvalue weighted by Gasteiger charge is 2.49. The lowest BCUT2D eigenvalue weighted by atomic mass is 9.76. The molecule has 0 saturated carbocycles. The van der Waals surface area contributed by atoms with Crippen molar-refractivity contribution in [3.05, 3.63) is 23.3 Å². The summed E-state index contributed by atoms with van der Waals surface area (Å²) in [5, 5.41) is 29.8. The van der Waals surface area contributed by atoms with Gasteiger partial charge in [-0.25, -0.2) is 0 Å². The minimum atomic E-state index is -0.881. The van der Waals surface area contributed by atoms with E-state index in [0.29, 0.717) is 49.5 Å². The molecule has 2 aliphatic rings. The highest BCUT2D eigenvalue weighted by Crippen LogP contribution is 2.46. The topological polar surface area (TPSA) is 120 Å². The maximum absolute atomic E-state index is 13.5. The summed E-state index contributed by atoms with van der Waals surface area (Å²) < 4.78 is 11.1. The zero-order valence-corrected chi connectivity index (χ0v) is 23.4. The number of unbranched alkanes of at least 4 members (excludes halogenated alkanes) is 1. The third-order valence-electron chi connectivity index (χ3n) is 7.95. The van der Waals surface area contributed by atoms with E-state index < -0.39 is 11.9 Å². The summed E-state index contributed by atoms with van der Waals surface area (Å²) in [7, 11) is 0. The number of rotatable bonds is 15. The molecular formula is C29H46N2O7. The number of carbonyl (C=O) groups is 2. The number of aliphatic hydroxyl groups excluding tert-OH is 2. The number of ether oxygens (including phenoxy) is 2. The van der Waals surface area contributed by atoms with Gasteiger partial charge in [-0.3, -0.25) is 14.5 Å². The zero-order valence-electron chi connectivity index (χ0n) is 23.4. The van der Waals surface area contributed by atoms with E-state index in [1.54, 1.807) is 0 Å². The van der Waals surface area contributed by atoms with Crippen LogP contribution < -0.4 is 9.47 Å². The van der Waals surface area contributed by atoms with Crippen LogP contribution in [0.25, 0.3) is 0 Å². The fourth-order valence-electron chi connectivity index (χ4n) is 6.11. The fourth-order valence-corrected chi connectivity index (χ4v) is 6.11. The van der Waals surface area contributed by atoms with Crippen molar-refractivity contribution in [1.29, 1.82) is 0 Å². The van der Waals surface area contributed by atoms with E-state index in [9.17, 15) is 24.9 Å². The number of hydrogen-bond acceptors (Lipinski definition) is 7. The molecule has 1 saturated heterocycles. The SMILES string of the molecule is CCCCN(CCCO)C(=O)CN1C[C@H](c2cc(CO)c3c(c2)OCO3)[C@@H](C(=O)O)[C@@H]1CC(C)(C)CCC. The van der Waals surface area contributed by atoms with Gasteiger partial charge in [0.25, 0.3) is 0 Å². The van der Waals surface area contributed by atoms with Gasteiger partial charge in [0.1, 0.15) is 0 Å². The number of hydrogen-bond donors (Lipinski definition) is 3. The molecule has 214 valence electrons. The van der Waals surface area contributed by atoms with Gasteiger partial charge in [-0.05, 0) is 48.8 Å². The Kier molecular flexibility index (Phi) is 10.8. The number of aliphatic hydroxyl groups is 2. The minimum absolute atomic E-state index is 0.0217. The molecule has 3 rings (SSSR count). The first-order valence-electron chi connectivity index (χ1n) is 14.0. The second kappa shape index (κ2) is 13.6. The third-order valence-corrected chi connectivity index (χ3v) is 7.95. The van der Waals surface area contributed by atoms with Crippen molar-refractivity contribution in [2.24, 2.45) is 11.3 Å². The number of carboxylic acids is 1. The van der Waals surface area contributed by atoms with Crippen LogP contribution in [0, 0.1) is 11.3 Å². The molecule has 0 radical (unpaired) electrons. The van der Waals surface area contributed by atoms with Gasteiger partial charge in [-0.2, -0.15) is 0 Å². The number of benzene rings is 1. The molecule has 0 aromatic heterocycles. The first kappa shape index (κ1) is 30.2. The molecule has 2 aliphatic heterocycles. The molecule has 2 heterocycles. The van der Waals surface area contributed by atoms with Gasteiger partial charge in [0, 0.05) is 43.8 Å². The summed E-state index contributed by atoms with van der Waals surface area (Å²) in [6.45, 7) is 10.1. The Morgan fingerprint density at radius 2 is 1.84 bits per heavy atom. The van der Waals surface area contributed by atoms with Crippen LogP contribution in [0.1, 0.15) is 83.3 Å². The van der Waals surface area contributed by atoms with Crippen LogP contribution in [-0.4, -0.2) is 82.6 Å². The number of nitrogens with zero attached hydrogens (tertiary/aromatic N) is 2. The molecule has 3 atom stereocenters. The van der Waals surface area contributed by atoms with Crippen molar-refractivity contribution in [1.82, 2.24) is 9.80 Å². The number of carbonyl (C=O) groups excluding carboxylic acids is 1. The first-order valence-corrected chi connectivity index (χ1v) is 14.0. The van der Waals surface area contributed by atoms with Crippen LogP contribution in [-0.2, 0) is 16.2 Å². The van der Waals surface area contributed by atoms with Crippen LogP contribution in [0.5, 0.6) is 11.5 Å². The average molecular weight is 535 g/mol. The van der Waals surface area contributed by atoms with Gasteiger partial charge in [-0.15, -0.1) is 0 Å². The van der Waals surface area contributed by atoms with Gasteiger partial charge < -0.3 is 29.7 Å². The summed E-state index contributed by atoms with van der Waals surface area (Å²) in [5.74, 6) is -0.978. The number of carboxylic acid groups (broad SMARTS) is 1. The van der Waals surface area contributed by atoms with Crippen molar-refractivity contribution >= 4 is 11.9 Å². The molecule has 1 amide bonds. The van der Waals surface area contributed by atoms with Crippen LogP contribution in [0.3, 0.4) is 0 Å². The Morgan fingerprint density at radius 3 is 2.47 bits per heavy atom. The average Bonchev–Trinajstić information content (AvgIpc) is 3.48. The molecule has 38 heavy (non-hydrogen) atoms. The Bertz CT molecular complexity index is 943.